The van der Waals surface area contributed by atoms with Crippen LogP contribution >= 0.6 is 0 Å². The number of halogens is 2. The third kappa shape index (κ3) is 2.02. The first-order chi connectivity index (χ1) is 7.02. The molecule has 0 heterocycles. The fourth-order valence-corrected chi connectivity index (χ4v) is 1.21. The highest BCUT2D eigenvalue weighted by atomic mass is 19.2. The number of rotatable bonds is 3. The predicted octanol–water partition coefficient (Wildman–Crippen LogP) is 1.42. The van der Waals surface area contributed by atoms with E-state index in [-0.39, 0.29) is 23.6 Å². The van der Waals surface area contributed by atoms with E-state index in [0.717, 1.165) is 18.9 Å². The first-order valence-electron chi connectivity index (χ1n) is 4.67. The van der Waals surface area contributed by atoms with Crippen LogP contribution in [0.3, 0.4) is 0 Å². The Bertz CT molecular complexity index is 391. The first-order valence-corrected chi connectivity index (χ1v) is 4.67. The van der Waals surface area contributed by atoms with E-state index in [1.54, 1.807) is 0 Å². The van der Waals surface area contributed by atoms with Gasteiger partial charge < -0.3 is 16.2 Å². The summed E-state index contributed by atoms with van der Waals surface area (Å²) >= 11 is 0. The Labute approximate surface area is 86.0 Å². The number of benzene rings is 1. The second-order valence-corrected chi connectivity index (χ2v) is 3.93. The summed E-state index contributed by atoms with van der Waals surface area (Å²) in [7, 11) is 0. The predicted molar refractivity (Wildman–Crippen MR) is 52.4 cm³/mol. The van der Waals surface area contributed by atoms with Crippen molar-refractivity contribution in [3.8, 4) is 5.75 Å². The van der Waals surface area contributed by atoms with Gasteiger partial charge in [0.25, 0.3) is 0 Å². The van der Waals surface area contributed by atoms with Gasteiger partial charge in [-0.1, -0.05) is 0 Å². The molecular weight excluding hydrogens is 202 g/mol. The molecule has 1 aliphatic carbocycles. The lowest BCUT2D eigenvalue weighted by molar-refractivity contribution is 0.264. The van der Waals surface area contributed by atoms with E-state index in [1.807, 2.05) is 0 Å². The van der Waals surface area contributed by atoms with Crippen LogP contribution in [0.15, 0.2) is 12.1 Å². The molecule has 0 saturated heterocycles. The molecule has 1 aliphatic rings. The van der Waals surface area contributed by atoms with Gasteiger partial charge in [-0.3, -0.25) is 0 Å². The van der Waals surface area contributed by atoms with Gasteiger partial charge in [0.1, 0.15) is 6.61 Å². The molecule has 0 atom stereocenters. The van der Waals surface area contributed by atoms with E-state index in [4.69, 9.17) is 16.2 Å². The number of hydrogen-bond acceptors (Lipinski definition) is 3. The molecule has 4 N–H and O–H groups in total. The maximum Gasteiger partial charge on any atom is 0.202 e. The number of nitrogens with two attached hydrogens (primary N) is 2. The Kier molecular flexibility index (Phi) is 2.26. The zero-order valence-corrected chi connectivity index (χ0v) is 8.09. The van der Waals surface area contributed by atoms with Gasteiger partial charge in [-0.15, -0.1) is 0 Å². The van der Waals surface area contributed by atoms with E-state index in [2.05, 4.69) is 0 Å². The van der Waals surface area contributed by atoms with E-state index in [9.17, 15) is 8.78 Å². The maximum atomic E-state index is 13.2. The highest BCUT2D eigenvalue weighted by Crippen LogP contribution is 2.34. The van der Waals surface area contributed by atoms with Gasteiger partial charge in [-0.25, -0.2) is 4.39 Å². The van der Waals surface area contributed by atoms with Crippen molar-refractivity contribution in [1.29, 1.82) is 0 Å². The SMILES string of the molecule is Nc1ccc(F)c(F)c1OCC1(N)CC1. The molecule has 0 unspecified atom stereocenters. The molecule has 82 valence electrons. The minimum absolute atomic E-state index is 0.0816. The van der Waals surface area contributed by atoms with Crippen molar-refractivity contribution in [3.63, 3.8) is 0 Å². The largest absolute Gasteiger partial charge is 0.486 e. The van der Waals surface area contributed by atoms with E-state index >= 15 is 0 Å². The summed E-state index contributed by atoms with van der Waals surface area (Å²) in [5.41, 5.74) is 10.9. The lowest BCUT2D eigenvalue weighted by atomic mass is 10.2. The third-order valence-electron chi connectivity index (χ3n) is 2.48. The topological polar surface area (TPSA) is 61.3 Å². The normalized spacial score (nSPS) is 17.5. The fourth-order valence-electron chi connectivity index (χ4n) is 1.21. The summed E-state index contributed by atoms with van der Waals surface area (Å²) in [6.07, 6.45) is 1.67. The van der Waals surface area contributed by atoms with Gasteiger partial charge in [0, 0.05) is 0 Å². The molecule has 15 heavy (non-hydrogen) atoms. The van der Waals surface area contributed by atoms with Crippen molar-refractivity contribution in [2.45, 2.75) is 18.4 Å². The highest BCUT2D eigenvalue weighted by Gasteiger charge is 2.39. The quantitative estimate of drug-likeness (QED) is 0.748. The molecule has 1 aromatic rings. The molecule has 2 rings (SSSR count). The van der Waals surface area contributed by atoms with Crippen LogP contribution in [0.2, 0.25) is 0 Å². The molecule has 0 aliphatic heterocycles. The van der Waals surface area contributed by atoms with Gasteiger partial charge in [0.15, 0.2) is 11.6 Å². The van der Waals surface area contributed by atoms with Crippen molar-refractivity contribution >= 4 is 5.69 Å². The van der Waals surface area contributed by atoms with Crippen LogP contribution in [-0.2, 0) is 0 Å². The second kappa shape index (κ2) is 3.34. The van der Waals surface area contributed by atoms with Crippen molar-refractivity contribution < 1.29 is 13.5 Å². The Hall–Kier alpha value is -1.36. The van der Waals surface area contributed by atoms with Crippen molar-refractivity contribution in [3.05, 3.63) is 23.8 Å². The molecule has 0 bridgehead atoms. The van der Waals surface area contributed by atoms with Crippen LogP contribution in [0, 0.1) is 11.6 Å². The van der Waals surface area contributed by atoms with Gasteiger partial charge in [0.05, 0.1) is 11.2 Å². The summed E-state index contributed by atoms with van der Waals surface area (Å²) in [6, 6.07) is 2.23. The highest BCUT2D eigenvalue weighted by molar-refractivity contribution is 5.53. The number of anilines is 1. The molecule has 0 spiro atoms. The standard InChI is InChI=1S/C10H12F2N2O/c11-6-1-2-7(13)9(8(6)12)15-5-10(14)3-4-10/h1-2H,3-5,13-14H2. The van der Waals surface area contributed by atoms with Crippen LogP contribution in [0.4, 0.5) is 14.5 Å². The molecule has 1 aromatic carbocycles. The molecule has 3 nitrogen and oxygen atoms in total. The second-order valence-electron chi connectivity index (χ2n) is 3.93. The van der Waals surface area contributed by atoms with Crippen LogP contribution in [0.25, 0.3) is 0 Å². The number of ether oxygens (including phenoxy) is 1. The molecule has 0 amide bonds. The third-order valence-corrected chi connectivity index (χ3v) is 2.48. The Morgan fingerprint density at radius 3 is 2.60 bits per heavy atom. The monoisotopic (exact) mass is 214 g/mol. The molecule has 0 aromatic heterocycles. The van der Waals surface area contributed by atoms with E-state index in [0.29, 0.717) is 0 Å². The summed E-state index contributed by atoms with van der Waals surface area (Å²) < 4.78 is 31.2. The molecule has 1 saturated carbocycles. The van der Waals surface area contributed by atoms with Crippen LogP contribution in [-0.4, -0.2) is 12.1 Å². The van der Waals surface area contributed by atoms with Gasteiger partial charge in [-0.05, 0) is 25.0 Å². The average molecular weight is 214 g/mol. The Morgan fingerprint density at radius 2 is 2.00 bits per heavy atom. The molecule has 0 radical (unpaired) electrons. The number of nitrogen functional groups attached to an aromatic ring is 1. The van der Waals surface area contributed by atoms with Crippen molar-refractivity contribution in [2.75, 3.05) is 12.3 Å². The van der Waals surface area contributed by atoms with Crippen LogP contribution in [0.1, 0.15) is 12.8 Å². The van der Waals surface area contributed by atoms with Gasteiger partial charge in [0.2, 0.25) is 5.82 Å². The lowest BCUT2D eigenvalue weighted by Gasteiger charge is -2.13. The Morgan fingerprint density at radius 1 is 1.33 bits per heavy atom. The molecular formula is C10H12F2N2O. The van der Waals surface area contributed by atoms with E-state index < -0.39 is 11.6 Å². The summed E-state index contributed by atoms with van der Waals surface area (Å²) in [4.78, 5) is 0. The minimum atomic E-state index is -1.06. The lowest BCUT2D eigenvalue weighted by Crippen LogP contribution is -2.30. The smallest absolute Gasteiger partial charge is 0.202 e. The van der Waals surface area contributed by atoms with Gasteiger partial charge >= 0.3 is 0 Å². The van der Waals surface area contributed by atoms with Crippen LogP contribution in [0.5, 0.6) is 5.75 Å². The zero-order chi connectivity index (χ0) is 11.1. The van der Waals surface area contributed by atoms with Gasteiger partial charge in [-0.2, -0.15) is 4.39 Å². The average Bonchev–Trinajstić information content (AvgIpc) is 2.91. The Balaban J connectivity index is 2.16. The van der Waals surface area contributed by atoms with Crippen molar-refractivity contribution in [2.24, 2.45) is 5.73 Å². The summed E-state index contributed by atoms with van der Waals surface area (Å²) in [6.45, 7) is 0.164. The minimum Gasteiger partial charge on any atom is -0.486 e. The van der Waals surface area contributed by atoms with Crippen molar-refractivity contribution in [1.82, 2.24) is 0 Å². The maximum absolute atomic E-state index is 13.2. The zero-order valence-electron chi connectivity index (χ0n) is 8.09. The molecule has 5 heteroatoms. The number of hydrogen-bond donors (Lipinski definition) is 2. The van der Waals surface area contributed by atoms with Crippen LogP contribution < -0.4 is 16.2 Å². The molecule has 1 fully saturated rings. The fraction of sp³-hybridized carbons (Fsp3) is 0.400. The first kappa shape index (κ1) is 10.2. The van der Waals surface area contributed by atoms with E-state index in [1.165, 1.54) is 6.07 Å². The summed E-state index contributed by atoms with van der Waals surface area (Å²) in [5, 5.41) is 0. The summed E-state index contributed by atoms with van der Waals surface area (Å²) in [5.74, 6) is -2.27.